The second kappa shape index (κ2) is 5.71. The van der Waals surface area contributed by atoms with Gasteiger partial charge in [-0.1, -0.05) is 29.8 Å². The molecule has 0 heterocycles. The van der Waals surface area contributed by atoms with E-state index in [2.05, 4.69) is 0 Å². The van der Waals surface area contributed by atoms with E-state index in [4.69, 9.17) is 21.4 Å². The van der Waals surface area contributed by atoms with Gasteiger partial charge >= 0.3 is 5.97 Å². The maximum Gasteiger partial charge on any atom is 0.339 e. The molecule has 0 radical (unpaired) electrons. The minimum absolute atomic E-state index is 0.0701. The fourth-order valence-electron chi connectivity index (χ4n) is 1.56. The quantitative estimate of drug-likeness (QED) is 0.927. The number of rotatable bonds is 4. The molecule has 3 nitrogen and oxygen atoms in total. The van der Waals surface area contributed by atoms with Gasteiger partial charge in [-0.15, -0.1) is 0 Å². The Morgan fingerprint density at radius 2 is 2.00 bits per heavy atom. The summed E-state index contributed by atoms with van der Waals surface area (Å²) >= 11 is 5.86. The van der Waals surface area contributed by atoms with Gasteiger partial charge in [-0.3, -0.25) is 0 Å². The van der Waals surface area contributed by atoms with Gasteiger partial charge < -0.3 is 9.84 Å². The minimum Gasteiger partial charge on any atom is -0.488 e. The Hall–Kier alpha value is -2.07. The molecule has 0 bridgehead atoms. The third kappa shape index (κ3) is 3.23. The summed E-state index contributed by atoms with van der Waals surface area (Å²) in [6.07, 6.45) is 0. The molecule has 5 heteroatoms. The Labute approximate surface area is 114 Å². The van der Waals surface area contributed by atoms with Gasteiger partial charge in [-0.05, 0) is 24.3 Å². The molecule has 0 aromatic heterocycles. The molecule has 2 aromatic carbocycles. The van der Waals surface area contributed by atoms with Crippen molar-refractivity contribution < 1.29 is 19.0 Å². The lowest BCUT2D eigenvalue weighted by Gasteiger charge is -2.10. The second-order valence-corrected chi connectivity index (χ2v) is 4.23. The fourth-order valence-corrected chi connectivity index (χ4v) is 1.79. The standard InChI is InChI=1S/C14H10ClFO3/c15-12-7-10(16)6-5-9(12)8-19-13-4-2-1-3-11(13)14(17)18/h1-7H,8H2,(H,17,18). The number of halogens is 2. The number of benzene rings is 2. The van der Waals surface area contributed by atoms with E-state index in [0.29, 0.717) is 5.56 Å². The lowest BCUT2D eigenvalue weighted by Crippen LogP contribution is -2.03. The zero-order chi connectivity index (χ0) is 13.8. The van der Waals surface area contributed by atoms with Crippen LogP contribution in [0.5, 0.6) is 5.75 Å². The first kappa shape index (κ1) is 13.4. The average molecular weight is 281 g/mol. The van der Waals surface area contributed by atoms with Crippen molar-refractivity contribution in [1.29, 1.82) is 0 Å². The van der Waals surface area contributed by atoms with Crippen LogP contribution in [0, 0.1) is 5.82 Å². The number of ether oxygens (including phenoxy) is 1. The van der Waals surface area contributed by atoms with Crippen LogP contribution in [0.25, 0.3) is 0 Å². The van der Waals surface area contributed by atoms with Gasteiger partial charge in [0.25, 0.3) is 0 Å². The second-order valence-electron chi connectivity index (χ2n) is 3.83. The SMILES string of the molecule is O=C(O)c1ccccc1OCc1ccc(F)cc1Cl. The van der Waals surface area contributed by atoms with Crippen LogP contribution in [0.4, 0.5) is 4.39 Å². The van der Waals surface area contributed by atoms with E-state index in [1.807, 2.05) is 0 Å². The van der Waals surface area contributed by atoms with Crippen molar-refractivity contribution in [2.24, 2.45) is 0 Å². The summed E-state index contributed by atoms with van der Waals surface area (Å²) in [5, 5.41) is 9.24. The summed E-state index contributed by atoms with van der Waals surface area (Å²) in [5.41, 5.74) is 0.656. The molecule has 0 atom stereocenters. The van der Waals surface area contributed by atoms with Crippen molar-refractivity contribution >= 4 is 17.6 Å². The molecule has 0 aliphatic carbocycles. The molecule has 0 aliphatic rings. The molecule has 1 N–H and O–H groups in total. The molecule has 0 fully saturated rings. The highest BCUT2D eigenvalue weighted by Gasteiger charge is 2.11. The Morgan fingerprint density at radius 1 is 1.26 bits per heavy atom. The first-order chi connectivity index (χ1) is 9.08. The van der Waals surface area contributed by atoms with E-state index in [0.717, 1.165) is 0 Å². The summed E-state index contributed by atoms with van der Waals surface area (Å²) in [7, 11) is 0. The molecule has 2 rings (SSSR count). The molecule has 0 unspecified atom stereocenters. The smallest absolute Gasteiger partial charge is 0.339 e. The Bertz CT molecular complexity index is 613. The fraction of sp³-hybridized carbons (Fsp3) is 0.0714. The molecular weight excluding hydrogens is 271 g/mol. The predicted octanol–water partition coefficient (Wildman–Crippen LogP) is 3.76. The number of carbonyl (C=O) groups is 1. The molecule has 0 amide bonds. The van der Waals surface area contributed by atoms with Crippen molar-refractivity contribution in [1.82, 2.24) is 0 Å². The molecule has 2 aromatic rings. The lowest BCUT2D eigenvalue weighted by atomic mass is 10.2. The van der Waals surface area contributed by atoms with Crippen LogP contribution in [-0.2, 0) is 6.61 Å². The third-order valence-corrected chi connectivity index (χ3v) is 2.87. The van der Waals surface area contributed by atoms with Gasteiger partial charge in [0.05, 0.1) is 5.02 Å². The van der Waals surface area contributed by atoms with Crippen molar-refractivity contribution in [3.05, 3.63) is 64.4 Å². The van der Waals surface area contributed by atoms with Gasteiger partial charge in [0, 0.05) is 5.56 Å². The summed E-state index contributed by atoms with van der Waals surface area (Å²) < 4.78 is 18.3. The van der Waals surface area contributed by atoms with Crippen LogP contribution < -0.4 is 4.74 Å². The molecule has 0 saturated heterocycles. The van der Waals surface area contributed by atoms with Crippen LogP contribution in [0.15, 0.2) is 42.5 Å². The first-order valence-electron chi connectivity index (χ1n) is 5.47. The number of aromatic carboxylic acids is 1. The molecular formula is C14H10ClFO3. The highest BCUT2D eigenvalue weighted by Crippen LogP contribution is 2.22. The number of hydrogen-bond acceptors (Lipinski definition) is 2. The van der Waals surface area contributed by atoms with E-state index in [-0.39, 0.29) is 22.9 Å². The minimum atomic E-state index is -1.07. The lowest BCUT2D eigenvalue weighted by molar-refractivity contribution is 0.0692. The van der Waals surface area contributed by atoms with Crippen molar-refractivity contribution in [3.63, 3.8) is 0 Å². The van der Waals surface area contributed by atoms with Crippen LogP contribution in [0.3, 0.4) is 0 Å². The number of carboxylic acids is 1. The van der Waals surface area contributed by atoms with Crippen molar-refractivity contribution in [2.75, 3.05) is 0 Å². The first-order valence-corrected chi connectivity index (χ1v) is 5.85. The zero-order valence-corrected chi connectivity index (χ0v) is 10.5. The number of hydrogen-bond donors (Lipinski definition) is 1. The predicted molar refractivity (Wildman–Crippen MR) is 69.1 cm³/mol. The maximum atomic E-state index is 12.9. The summed E-state index contributed by atoms with van der Waals surface area (Å²) in [4.78, 5) is 11.0. The van der Waals surface area contributed by atoms with Crippen LogP contribution >= 0.6 is 11.6 Å². The highest BCUT2D eigenvalue weighted by atomic mass is 35.5. The summed E-state index contributed by atoms with van der Waals surface area (Å²) in [6, 6.07) is 10.2. The van der Waals surface area contributed by atoms with Gasteiger partial charge in [0.15, 0.2) is 0 Å². The molecule has 98 valence electrons. The summed E-state index contributed by atoms with van der Waals surface area (Å²) in [6.45, 7) is 0.0728. The van der Waals surface area contributed by atoms with Gasteiger partial charge in [0.1, 0.15) is 23.7 Å². The molecule has 19 heavy (non-hydrogen) atoms. The van der Waals surface area contributed by atoms with E-state index >= 15 is 0 Å². The van der Waals surface area contributed by atoms with Crippen LogP contribution in [0.2, 0.25) is 5.02 Å². The topological polar surface area (TPSA) is 46.5 Å². The number of carboxylic acid groups (broad SMARTS) is 1. The van der Waals surface area contributed by atoms with Gasteiger partial charge in [-0.25, -0.2) is 9.18 Å². The Kier molecular flexibility index (Phi) is 4.02. The van der Waals surface area contributed by atoms with Gasteiger partial charge in [-0.2, -0.15) is 0 Å². The monoisotopic (exact) mass is 280 g/mol. The molecule has 0 aliphatic heterocycles. The largest absolute Gasteiger partial charge is 0.488 e. The van der Waals surface area contributed by atoms with Crippen molar-refractivity contribution in [3.8, 4) is 5.75 Å². The summed E-state index contributed by atoms with van der Waals surface area (Å²) in [5.74, 6) is -1.25. The zero-order valence-electron chi connectivity index (χ0n) is 9.77. The van der Waals surface area contributed by atoms with Crippen LogP contribution in [-0.4, -0.2) is 11.1 Å². The Balaban J connectivity index is 2.17. The van der Waals surface area contributed by atoms with E-state index in [1.54, 1.807) is 18.2 Å². The van der Waals surface area contributed by atoms with E-state index in [1.165, 1.54) is 24.3 Å². The molecule has 0 spiro atoms. The molecule has 0 saturated carbocycles. The van der Waals surface area contributed by atoms with E-state index in [9.17, 15) is 9.18 Å². The highest BCUT2D eigenvalue weighted by molar-refractivity contribution is 6.31. The Morgan fingerprint density at radius 3 is 2.68 bits per heavy atom. The maximum absolute atomic E-state index is 12.9. The average Bonchev–Trinajstić information content (AvgIpc) is 2.38. The number of para-hydroxylation sites is 1. The third-order valence-electron chi connectivity index (χ3n) is 2.52. The van der Waals surface area contributed by atoms with E-state index < -0.39 is 11.8 Å². The normalized spacial score (nSPS) is 10.2. The van der Waals surface area contributed by atoms with Crippen molar-refractivity contribution in [2.45, 2.75) is 6.61 Å². The van der Waals surface area contributed by atoms with Crippen LogP contribution in [0.1, 0.15) is 15.9 Å². The van der Waals surface area contributed by atoms with Gasteiger partial charge in [0.2, 0.25) is 0 Å².